The molecule has 0 saturated heterocycles. The molecule has 0 heterocycles. The Morgan fingerprint density at radius 2 is 2.25 bits per heavy atom. The fourth-order valence-electron chi connectivity index (χ4n) is 3.52. The molecule has 0 spiro atoms. The van der Waals surface area contributed by atoms with E-state index in [-0.39, 0.29) is 12.1 Å². The molecule has 1 saturated carbocycles. The third-order valence-electron chi connectivity index (χ3n) is 4.29. The van der Waals surface area contributed by atoms with Crippen molar-refractivity contribution in [2.45, 2.75) is 51.5 Å². The molecule has 1 aliphatic rings. The number of rotatable bonds is 5. The molecule has 2 unspecified atom stereocenters. The summed E-state index contributed by atoms with van der Waals surface area (Å²) in [6, 6.07) is 7.78. The minimum atomic E-state index is -0.178. The molecule has 2 rings (SSSR count). The maximum atomic E-state index is 9.93. The van der Waals surface area contributed by atoms with Gasteiger partial charge in [-0.05, 0) is 49.3 Å². The standard InChI is InChI=1S/C17H26ClNO/c1-13(2)9-14-5-4-8-17(11-14,12-20)19-16-7-3-6-15(18)10-16/h3,6-7,10,13-14,19-20H,4-5,8-9,11-12H2,1-2H3. The van der Waals surface area contributed by atoms with Crippen LogP contribution in [-0.4, -0.2) is 17.3 Å². The third-order valence-corrected chi connectivity index (χ3v) is 4.52. The lowest BCUT2D eigenvalue weighted by atomic mass is 9.73. The zero-order valence-corrected chi connectivity index (χ0v) is 13.3. The van der Waals surface area contributed by atoms with Crippen LogP contribution >= 0.6 is 11.6 Å². The van der Waals surface area contributed by atoms with E-state index in [1.54, 1.807) is 0 Å². The highest BCUT2D eigenvalue weighted by atomic mass is 35.5. The van der Waals surface area contributed by atoms with Crippen molar-refractivity contribution in [3.05, 3.63) is 29.3 Å². The molecule has 2 N–H and O–H groups in total. The van der Waals surface area contributed by atoms with Crippen molar-refractivity contribution in [2.75, 3.05) is 11.9 Å². The summed E-state index contributed by atoms with van der Waals surface area (Å²) in [6.07, 6.45) is 5.81. The van der Waals surface area contributed by atoms with E-state index in [1.807, 2.05) is 24.3 Å². The van der Waals surface area contributed by atoms with Crippen LogP contribution < -0.4 is 5.32 Å². The Balaban J connectivity index is 2.08. The van der Waals surface area contributed by atoms with Gasteiger partial charge in [0.25, 0.3) is 0 Å². The molecule has 1 fully saturated rings. The van der Waals surface area contributed by atoms with Crippen LogP contribution in [0.3, 0.4) is 0 Å². The van der Waals surface area contributed by atoms with E-state index in [2.05, 4.69) is 19.2 Å². The second-order valence-electron chi connectivity index (χ2n) is 6.67. The Kier molecular flexibility index (Phi) is 5.34. The quantitative estimate of drug-likeness (QED) is 0.824. The average molecular weight is 296 g/mol. The number of benzene rings is 1. The minimum absolute atomic E-state index is 0.178. The molecule has 1 aliphatic carbocycles. The van der Waals surface area contributed by atoms with Crippen LogP contribution in [0.25, 0.3) is 0 Å². The highest BCUT2D eigenvalue weighted by molar-refractivity contribution is 6.30. The highest BCUT2D eigenvalue weighted by Crippen LogP contribution is 2.38. The van der Waals surface area contributed by atoms with Crippen molar-refractivity contribution < 1.29 is 5.11 Å². The molecule has 0 bridgehead atoms. The van der Waals surface area contributed by atoms with Gasteiger partial charge in [0, 0.05) is 10.7 Å². The summed E-state index contributed by atoms with van der Waals surface area (Å²) in [7, 11) is 0. The summed E-state index contributed by atoms with van der Waals surface area (Å²) >= 11 is 6.05. The monoisotopic (exact) mass is 295 g/mol. The zero-order chi connectivity index (χ0) is 14.6. The Morgan fingerprint density at radius 1 is 1.45 bits per heavy atom. The van der Waals surface area contributed by atoms with Gasteiger partial charge in [0.2, 0.25) is 0 Å². The summed E-state index contributed by atoms with van der Waals surface area (Å²) in [5, 5.41) is 14.2. The average Bonchev–Trinajstić information content (AvgIpc) is 2.38. The van der Waals surface area contributed by atoms with E-state index < -0.39 is 0 Å². The van der Waals surface area contributed by atoms with Crippen LogP contribution in [0.2, 0.25) is 5.02 Å². The first-order valence-corrected chi connectivity index (χ1v) is 8.05. The Hall–Kier alpha value is -0.730. The Bertz CT molecular complexity index is 435. The van der Waals surface area contributed by atoms with E-state index in [0.717, 1.165) is 29.5 Å². The fourth-order valence-corrected chi connectivity index (χ4v) is 3.71. The van der Waals surface area contributed by atoms with E-state index in [1.165, 1.54) is 19.3 Å². The van der Waals surface area contributed by atoms with Crippen LogP contribution in [0, 0.1) is 11.8 Å². The van der Waals surface area contributed by atoms with E-state index in [4.69, 9.17) is 11.6 Å². The normalized spacial score (nSPS) is 26.8. The van der Waals surface area contributed by atoms with Crippen molar-refractivity contribution in [1.82, 2.24) is 0 Å². The molecular formula is C17H26ClNO. The Morgan fingerprint density at radius 3 is 2.90 bits per heavy atom. The van der Waals surface area contributed by atoms with Crippen molar-refractivity contribution >= 4 is 17.3 Å². The first-order chi connectivity index (χ1) is 9.53. The largest absolute Gasteiger partial charge is 0.394 e. The third kappa shape index (κ3) is 4.13. The second-order valence-corrected chi connectivity index (χ2v) is 7.10. The van der Waals surface area contributed by atoms with E-state index in [9.17, 15) is 5.11 Å². The molecule has 1 aromatic carbocycles. The molecule has 2 nitrogen and oxygen atoms in total. The van der Waals surface area contributed by atoms with Crippen LogP contribution in [0.4, 0.5) is 5.69 Å². The van der Waals surface area contributed by atoms with Gasteiger partial charge in [-0.25, -0.2) is 0 Å². The number of aliphatic hydroxyl groups excluding tert-OH is 1. The molecule has 3 heteroatoms. The summed E-state index contributed by atoms with van der Waals surface area (Å²) in [5.74, 6) is 1.43. The van der Waals surface area contributed by atoms with Crippen molar-refractivity contribution in [1.29, 1.82) is 0 Å². The lowest BCUT2D eigenvalue weighted by molar-refractivity contribution is 0.135. The number of nitrogens with one attached hydrogen (secondary N) is 1. The smallest absolute Gasteiger partial charge is 0.0661 e. The SMILES string of the molecule is CC(C)CC1CCCC(CO)(Nc2cccc(Cl)c2)C1. The topological polar surface area (TPSA) is 32.3 Å². The summed E-state index contributed by atoms with van der Waals surface area (Å²) in [4.78, 5) is 0. The number of anilines is 1. The van der Waals surface area contributed by atoms with Gasteiger partial charge in [0.1, 0.15) is 0 Å². The number of hydrogen-bond acceptors (Lipinski definition) is 2. The van der Waals surface area contributed by atoms with Crippen LogP contribution in [0.15, 0.2) is 24.3 Å². The van der Waals surface area contributed by atoms with Gasteiger partial charge in [-0.15, -0.1) is 0 Å². The predicted octanol–water partition coefficient (Wildman–Crippen LogP) is 4.72. The number of hydrogen-bond donors (Lipinski definition) is 2. The second kappa shape index (κ2) is 6.82. The lowest BCUT2D eigenvalue weighted by Gasteiger charge is -2.41. The Labute approximate surface area is 127 Å². The van der Waals surface area contributed by atoms with Crippen molar-refractivity contribution in [3.8, 4) is 0 Å². The fraction of sp³-hybridized carbons (Fsp3) is 0.647. The van der Waals surface area contributed by atoms with Gasteiger partial charge in [0.15, 0.2) is 0 Å². The maximum absolute atomic E-state index is 9.93. The van der Waals surface area contributed by atoms with Gasteiger partial charge in [-0.3, -0.25) is 0 Å². The molecule has 112 valence electrons. The molecule has 2 atom stereocenters. The summed E-state index contributed by atoms with van der Waals surface area (Å²) in [6.45, 7) is 4.74. The van der Waals surface area contributed by atoms with Gasteiger partial charge < -0.3 is 10.4 Å². The van der Waals surface area contributed by atoms with Gasteiger partial charge >= 0.3 is 0 Å². The summed E-state index contributed by atoms with van der Waals surface area (Å²) in [5.41, 5.74) is 0.833. The number of aliphatic hydroxyl groups is 1. The lowest BCUT2D eigenvalue weighted by Crippen LogP contribution is -2.46. The summed E-state index contributed by atoms with van der Waals surface area (Å²) < 4.78 is 0. The van der Waals surface area contributed by atoms with Gasteiger partial charge in [0.05, 0.1) is 12.1 Å². The molecular weight excluding hydrogens is 270 g/mol. The van der Waals surface area contributed by atoms with Crippen molar-refractivity contribution in [2.24, 2.45) is 11.8 Å². The molecule has 0 aromatic heterocycles. The van der Waals surface area contributed by atoms with Crippen LogP contribution in [0.1, 0.15) is 46.0 Å². The number of halogens is 1. The van der Waals surface area contributed by atoms with E-state index >= 15 is 0 Å². The first-order valence-electron chi connectivity index (χ1n) is 7.67. The molecule has 1 aromatic rings. The molecule has 0 radical (unpaired) electrons. The minimum Gasteiger partial charge on any atom is -0.394 e. The van der Waals surface area contributed by atoms with Crippen LogP contribution in [0.5, 0.6) is 0 Å². The van der Waals surface area contributed by atoms with Crippen LogP contribution in [-0.2, 0) is 0 Å². The highest BCUT2D eigenvalue weighted by Gasteiger charge is 2.35. The van der Waals surface area contributed by atoms with Gasteiger partial charge in [-0.1, -0.05) is 44.4 Å². The molecule has 20 heavy (non-hydrogen) atoms. The zero-order valence-electron chi connectivity index (χ0n) is 12.5. The molecule has 0 aliphatic heterocycles. The molecule has 0 amide bonds. The first kappa shape index (κ1) is 15.7. The maximum Gasteiger partial charge on any atom is 0.0661 e. The van der Waals surface area contributed by atoms with Crippen molar-refractivity contribution in [3.63, 3.8) is 0 Å². The predicted molar refractivity (Wildman–Crippen MR) is 86.3 cm³/mol. The van der Waals surface area contributed by atoms with E-state index in [0.29, 0.717) is 5.92 Å². The van der Waals surface area contributed by atoms with Gasteiger partial charge in [-0.2, -0.15) is 0 Å².